The van der Waals surface area contributed by atoms with E-state index >= 15 is 0 Å². The first-order chi connectivity index (χ1) is 8.68. The number of nitro groups is 1. The standard InChI is InChI=1S/C11H10N4O3/c16-11(14-6-5-12-8-14)13-7-9-3-1-2-4-10(9)15(17)18/h1-6,8H,7H2,(H,13,16). The summed E-state index contributed by atoms with van der Waals surface area (Å²) in [4.78, 5) is 25.6. The summed E-state index contributed by atoms with van der Waals surface area (Å²) in [7, 11) is 0. The molecule has 1 amide bonds. The average molecular weight is 246 g/mol. The molecule has 2 rings (SSSR count). The van der Waals surface area contributed by atoms with E-state index in [1.165, 1.54) is 29.4 Å². The van der Waals surface area contributed by atoms with Crippen LogP contribution < -0.4 is 5.32 Å². The minimum Gasteiger partial charge on any atom is -0.333 e. The Morgan fingerprint density at radius 3 is 2.89 bits per heavy atom. The number of para-hydroxylation sites is 1. The summed E-state index contributed by atoms with van der Waals surface area (Å²) < 4.78 is 1.26. The van der Waals surface area contributed by atoms with Crippen molar-refractivity contribution in [3.8, 4) is 0 Å². The minimum atomic E-state index is -0.474. The number of hydrogen-bond donors (Lipinski definition) is 1. The normalized spacial score (nSPS) is 10.0. The summed E-state index contributed by atoms with van der Waals surface area (Å²) in [5, 5.41) is 13.3. The summed E-state index contributed by atoms with van der Waals surface area (Å²) >= 11 is 0. The first kappa shape index (κ1) is 11.8. The van der Waals surface area contributed by atoms with Gasteiger partial charge in [0.2, 0.25) is 0 Å². The van der Waals surface area contributed by atoms with Gasteiger partial charge in [-0.2, -0.15) is 0 Å². The maximum atomic E-state index is 11.6. The minimum absolute atomic E-state index is 0.0107. The number of aromatic nitrogens is 2. The number of carbonyl (C=O) groups is 1. The molecular weight excluding hydrogens is 236 g/mol. The Labute approximate surface area is 102 Å². The van der Waals surface area contributed by atoms with Crippen molar-refractivity contribution in [2.24, 2.45) is 0 Å². The van der Waals surface area contributed by atoms with E-state index in [1.54, 1.807) is 18.2 Å². The molecule has 1 aromatic carbocycles. The SMILES string of the molecule is O=C(NCc1ccccc1[N+](=O)[O-])n1ccnc1. The maximum Gasteiger partial charge on any atom is 0.327 e. The lowest BCUT2D eigenvalue weighted by atomic mass is 10.2. The van der Waals surface area contributed by atoms with Crippen LogP contribution in [0.4, 0.5) is 10.5 Å². The van der Waals surface area contributed by atoms with Gasteiger partial charge in [-0.05, 0) is 0 Å². The number of nitrogens with one attached hydrogen (secondary N) is 1. The van der Waals surface area contributed by atoms with Gasteiger partial charge in [0.25, 0.3) is 5.69 Å². The zero-order valence-corrected chi connectivity index (χ0v) is 9.31. The summed E-state index contributed by atoms with van der Waals surface area (Å²) in [6.07, 6.45) is 4.33. The van der Waals surface area contributed by atoms with Crippen molar-refractivity contribution in [1.82, 2.24) is 14.9 Å². The van der Waals surface area contributed by atoms with Gasteiger partial charge in [0.05, 0.1) is 11.5 Å². The van der Waals surface area contributed by atoms with Gasteiger partial charge >= 0.3 is 6.03 Å². The van der Waals surface area contributed by atoms with E-state index in [1.807, 2.05) is 0 Å². The first-order valence-corrected chi connectivity index (χ1v) is 5.17. The Morgan fingerprint density at radius 2 is 2.22 bits per heavy atom. The molecule has 0 spiro atoms. The quantitative estimate of drug-likeness (QED) is 0.657. The van der Waals surface area contributed by atoms with Crippen LogP contribution in [0.15, 0.2) is 43.0 Å². The molecule has 0 saturated heterocycles. The summed E-state index contributed by atoms with van der Waals surface area (Å²) in [5.41, 5.74) is 0.444. The molecule has 1 N–H and O–H groups in total. The van der Waals surface area contributed by atoms with Crippen molar-refractivity contribution in [2.45, 2.75) is 6.54 Å². The molecule has 1 heterocycles. The molecule has 0 aliphatic carbocycles. The van der Waals surface area contributed by atoms with Crippen LogP contribution >= 0.6 is 0 Å². The number of rotatable bonds is 3. The third-order valence-corrected chi connectivity index (χ3v) is 2.36. The van der Waals surface area contributed by atoms with Crippen molar-refractivity contribution < 1.29 is 9.72 Å². The van der Waals surface area contributed by atoms with Crippen LogP contribution in [0.2, 0.25) is 0 Å². The molecule has 0 bridgehead atoms. The number of benzene rings is 1. The fourth-order valence-electron chi connectivity index (χ4n) is 1.48. The molecule has 0 radical (unpaired) electrons. The Balaban J connectivity index is 2.07. The highest BCUT2D eigenvalue weighted by atomic mass is 16.6. The molecule has 0 atom stereocenters. The van der Waals surface area contributed by atoms with Crippen LogP contribution in [0.25, 0.3) is 0 Å². The average Bonchev–Trinajstić information content (AvgIpc) is 2.90. The van der Waals surface area contributed by atoms with Crippen molar-refractivity contribution in [1.29, 1.82) is 0 Å². The number of hydrogen-bond acceptors (Lipinski definition) is 4. The molecular formula is C11H10N4O3. The largest absolute Gasteiger partial charge is 0.333 e. The van der Waals surface area contributed by atoms with Crippen LogP contribution in [0.1, 0.15) is 5.56 Å². The van der Waals surface area contributed by atoms with Crippen LogP contribution in [0.3, 0.4) is 0 Å². The number of nitrogens with zero attached hydrogens (tertiary/aromatic N) is 3. The van der Waals surface area contributed by atoms with E-state index < -0.39 is 4.92 Å². The van der Waals surface area contributed by atoms with Gasteiger partial charge in [-0.3, -0.25) is 14.7 Å². The zero-order chi connectivity index (χ0) is 13.0. The second kappa shape index (κ2) is 5.09. The first-order valence-electron chi connectivity index (χ1n) is 5.17. The molecule has 18 heavy (non-hydrogen) atoms. The predicted molar refractivity (Wildman–Crippen MR) is 63.0 cm³/mol. The lowest BCUT2D eigenvalue weighted by molar-refractivity contribution is -0.385. The monoisotopic (exact) mass is 246 g/mol. The number of carbonyl (C=O) groups excluding carboxylic acids is 1. The fourth-order valence-corrected chi connectivity index (χ4v) is 1.48. The summed E-state index contributed by atoms with van der Waals surface area (Å²) in [6.45, 7) is 0.0914. The van der Waals surface area contributed by atoms with E-state index in [2.05, 4.69) is 10.3 Å². The Hall–Kier alpha value is -2.70. The van der Waals surface area contributed by atoms with Gasteiger partial charge in [0.1, 0.15) is 6.33 Å². The van der Waals surface area contributed by atoms with Crippen molar-refractivity contribution >= 4 is 11.7 Å². The van der Waals surface area contributed by atoms with Crippen molar-refractivity contribution in [2.75, 3.05) is 0 Å². The van der Waals surface area contributed by atoms with E-state index in [9.17, 15) is 14.9 Å². The van der Waals surface area contributed by atoms with Crippen LogP contribution in [-0.4, -0.2) is 20.5 Å². The van der Waals surface area contributed by atoms with Crippen LogP contribution in [0.5, 0.6) is 0 Å². The zero-order valence-electron chi connectivity index (χ0n) is 9.31. The lowest BCUT2D eigenvalue weighted by Crippen LogP contribution is -2.27. The van der Waals surface area contributed by atoms with E-state index in [0.717, 1.165) is 0 Å². The lowest BCUT2D eigenvalue weighted by Gasteiger charge is -2.05. The predicted octanol–water partition coefficient (Wildman–Crippen LogP) is 1.55. The molecule has 7 heteroatoms. The molecule has 0 saturated carbocycles. The smallest absolute Gasteiger partial charge is 0.327 e. The Morgan fingerprint density at radius 1 is 1.44 bits per heavy atom. The van der Waals surface area contributed by atoms with Gasteiger partial charge in [0.15, 0.2) is 0 Å². The topological polar surface area (TPSA) is 90.1 Å². The van der Waals surface area contributed by atoms with Gasteiger partial charge in [-0.25, -0.2) is 9.78 Å². The highest BCUT2D eigenvalue weighted by Crippen LogP contribution is 2.16. The molecule has 0 aliphatic heterocycles. The number of imidazole rings is 1. The van der Waals surface area contributed by atoms with Crippen molar-refractivity contribution in [3.05, 3.63) is 58.7 Å². The number of amides is 1. The molecule has 7 nitrogen and oxygen atoms in total. The Bertz CT molecular complexity index is 565. The van der Waals surface area contributed by atoms with Crippen LogP contribution in [-0.2, 0) is 6.54 Å². The second-order valence-corrected chi connectivity index (χ2v) is 3.51. The summed E-state index contributed by atoms with van der Waals surface area (Å²) in [6, 6.07) is 5.89. The van der Waals surface area contributed by atoms with E-state index in [4.69, 9.17) is 0 Å². The highest BCUT2D eigenvalue weighted by Gasteiger charge is 2.13. The van der Waals surface area contributed by atoms with Gasteiger partial charge < -0.3 is 5.32 Å². The fraction of sp³-hybridized carbons (Fsp3) is 0.0909. The third kappa shape index (κ3) is 2.51. The van der Waals surface area contributed by atoms with E-state index in [-0.39, 0.29) is 18.3 Å². The van der Waals surface area contributed by atoms with Gasteiger partial charge in [0, 0.05) is 24.0 Å². The second-order valence-electron chi connectivity index (χ2n) is 3.51. The maximum absolute atomic E-state index is 11.6. The van der Waals surface area contributed by atoms with Gasteiger partial charge in [-0.15, -0.1) is 0 Å². The molecule has 2 aromatic rings. The Kier molecular flexibility index (Phi) is 3.33. The highest BCUT2D eigenvalue weighted by molar-refractivity contribution is 5.76. The van der Waals surface area contributed by atoms with Crippen molar-refractivity contribution in [3.63, 3.8) is 0 Å². The molecule has 92 valence electrons. The molecule has 0 aliphatic rings. The molecule has 0 unspecified atom stereocenters. The third-order valence-electron chi connectivity index (χ3n) is 2.36. The van der Waals surface area contributed by atoms with Crippen LogP contribution in [0, 0.1) is 10.1 Å². The molecule has 0 fully saturated rings. The molecule has 1 aromatic heterocycles. The number of nitro benzene ring substituents is 1. The van der Waals surface area contributed by atoms with E-state index in [0.29, 0.717) is 5.56 Å². The summed E-state index contributed by atoms with van der Waals surface area (Å²) in [5.74, 6) is 0. The van der Waals surface area contributed by atoms with Gasteiger partial charge in [-0.1, -0.05) is 18.2 Å².